The van der Waals surface area contributed by atoms with Crippen LogP contribution in [0.15, 0.2) is 52.9 Å². The van der Waals surface area contributed by atoms with Crippen LogP contribution in [0.2, 0.25) is 0 Å². The van der Waals surface area contributed by atoms with E-state index >= 15 is 0 Å². The van der Waals surface area contributed by atoms with Crippen molar-refractivity contribution in [2.45, 2.75) is 34.2 Å². The molecule has 1 amide bonds. The quantitative estimate of drug-likeness (QED) is 0.217. The zero-order chi connectivity index (χ0) is 20.8. The third kappa shape index (κ3) is 6.41. The minimum absolute atomic E-state index is 0. The number of fused-ring (bicyclic) bond motifs is 1. The second kappa shape index (κ2) is 11.9. The van der Waals surface area contributed by atoms with E-state index in [9.17, 15) is 9.59 Å². The molecular formula is C24H32N2O5. The van der Waals surface area contributed by atoms with Gasteiger partial charge in [0.2, 0.25) is 0 Å². The lowest BCUT2D eigenvalue weighted by molar-refractivity contribution is 0.0706. The highest BCUT2D eigenvalue weighted by Crippen LogP contribution is 2.28. The average molecular weight is 429 g/mol. The van der Waals surface area contributed by atoms with Gasteiger partial charge in [-0.25, -0.2) is 5.48 Å². The van der Waals surface area contributed by atoms with Crippen LogP contribution in [0.1, 0.15) is 54.2 Å². The number of hydrogen-bond acceptors (Lipinski definition) is 6. The largest absolute Gasteiger partial charge is 0.494 e. The summed E-state index contributed by atoms with van der Waals surface area (Å²) >= 11 is 0. The van der Waals surface area contributed by atoms with Crippen LogP contribution in [0, 0.1) is 0 Å². The summed E-state index contributed by atoms with van der Waals surface area (Å²) in [6.07, 6.45) is 0.849. The van der Waals surface area contributed by atoms with Gasteiger partial charge in [0.25, 0.3) is 5.91 Å². The highest BCUT2D eigenvalue weighted by Gasteiger charge is 2.20. The Balaban J connectivity index is 0.00000240. The monoisotopic (exact) mass is 428 g/mol. The number of nitrogens with one attached hydrogen (secondary N) is 1. The van der Waals surface area contributed by atoms with Crippen molar-refractivity contribution in [2.75, 3.05) is 20.7 Å². The number of furan rings is 1. The number of amides is 1. The Morgan fingerprint density at radius 3 is 2.39 bits per heavy atom. The van der Waals surface area contributed by atoms with E-state index in [1.807, 2.05) is 43.3 Å². The van der Waals surface area contributed by atoms with Gasteiger partial charge in [-0.3, -0.25) is 14.8 Å². The van der Waals surface area contributed by atoms with Crippen LogP contribution in [0.5, 0.6) is 5.75 Å². The summed E-state index contributed by atoms with van der Waals surface area (Å²) in [6, 6.07) is 14.0. The Hall–Kier alpha value is -3.16. The van der Waals surface area contributed by atoms with Gasteiger partial charge in [-0.05, 0) is 50.8 Å². The van der Waals surface area contributed by atoms with E-state index in [0.717, 1.165) is 16.5 Å². The molecule has 0 radical (unpaired) electrons. The third-order valence-corrected chi connectivity index (χ3v) is 4.46. The number of Topliss-reactive ketones (excluding diaryl/α,β-unsaturated/α-hetero) is 1. The van der Waals surface area contributed by atoms with Gasteiger partial charge in [0.1, 0.15) is 11.3 Å². The topological polar surface area (TPSA) is 92.0 Å². The first-order chi connectivity index (χ1) is 14.0. The molecule has 0 unspecified atom stereocenters. The van der Waals surface area contributed by atoms with Crippen LogP contribution in [-0.4, -0.2) is 42.5 Å². The first-order valence-electron chi connectivity index (χ1n) is 9.35. The molecule has 1 heterocycles. The Morgan fingerprint density at radius 1 is 1.06 bits per heavy atom. The molecule has 0 atom stereocenters. The van der Waals surface area contributed by atoms with E-state index in [4.69, 9.17) is 14.4 Å². The average Bonchev–Trinajstić information content (AvgIpc) is 3.09. The maximum Gasteiger partial charge on any atom is 0.274 e. The van der Waals surface area contributed by atoms with Gasteiger partial charge in [0, 0.05) is 29.5 Å². The molecule has 0 aliphatic heterocycles. The summed E-state index contributed by atoms with van der Waals surface area (Å²) in [7, 11) is 3.92. The molecule has 3 aromatic rings. The highest BCUT2D eigenvalue weighted by molar-refractivity contribution is 6.00. The van der Waals surface area contributed by atoms with Gasteiger partial charge in [-0.2, -0.15) is 0 Å². The zero-order valence-electron chi connectivity index (χ0n) is 16.5. The van der Waals surface area contributed by atoms with Crippen molar-refractivity contribution in [2.24, 2.45) is 0 Å². The number of carbonyl (C=O) groups is 2. The number of para-hydroxylation sites is 1. The first kappa shape index (κ1) is 25.9. The van der Waals surface area contributed by atoms with Crippen LogP contribution in [0.25, 0.3) is 11.0 Å². The number of hydroxylamine groups is 1. The summed E-state index contributed by atoms with van der Waals surface area (Å²) < 4.78 is 11.5. The van der Waals surface area contributed by atoms with Crippen molar-refractivity contribution < 1.29 is 24.0 Å². The number of ether oxygens (including phenoxy) is 1. The first-order valence-corrected chi connectivity index (χ1v) is 9.35. The summed E-state index contributed by atoms with van der Waals surface area (Å²) in [5.74, 6) is 0.376. The van der Waals surface area contributed by atoms with Gasteiger partial charge < -0.3 is 14.1 Å². The number of benzene rings is 2. The number of rotatable bonds is 9. The minimum Gasteiger partial charge on any atom is -0.494 e. The second-order valence-corrected chi connectivity index (χ2v) is 6.98. The van der Waals surface area contributed by atoms with Crippen molar-refractivity contribution in [3.63, 3.8) is 0 Å². The van der Waals surface area contributed by atoms with Crippen LogP contribution in [-0.2, 0) is 6.54 Å². The molecular weight excluding hydrogens is 396 g/mol. The smallest absolute Gasteiger partial charge is 0.274 e. The number of ketones is 1. The third-order valence-electron chi connectivity index (χ3n) is 4.46. The second-order valence-electron chi connectivity index (χ2n) is 6.98. The molecule has 2 N–H and O–H groups in total. The lowest BCUT2D eigenvalue weighted by Crippen LogP contribution is -2.18. The highest BCUT2D eigenvalue weighted by atomic mass is 16.5. The minimum atomic E-state index is -0.582. The van der Waals surface area contributed by atoms with Crippen molar-refractivity contribution >= 4 is 22.7 Å². The summed E-state index contributed by atoms with van der Waals surface area (Å²) in [5, 5.41) is 9.58. The molecule has 0 spiro atoms. The van der Waals surface area contributed by atoms with E-state index in [1.54, 1.807) is 29.7 Å². The standard InChI is InChI=1S/C22H24N2O5.2CH4/c1-24(2)14-18-17-6-3-4-8-20(17)29-21(18)19(25)7-5-13-28-16-11-9-15(10-12-16)22(26)23-27;;/h3-4,6,8-12,27H,5,7,13-14H2,1-2H3,(H,23,26);2*1H4. The van der Waals surface area contributed by atoms with Crippen LogP contribution < -0.4 is 10.2 Å². The van der Waals surface area contributed by atoms with Gasteiger partial charge in [0.15, 0.2) is 11.5 Å². The molecule has 0 aliphatic rings. The van der Waals surface area contributed by atoms with Crippen LogP contribution >= 0.6 is 0 Å². The maximum atomic E-state index is 12.7. The Kier molecular flexibility index (Phi) is 9.92. The van der Waals surface area contributed by atoms with Crippen molar-refractivity contribution in [3.05, 3.63) is 65.4 Å². The Labute approximate surface area is 183 Å². The fourth-order valence-corrected chi connectivity index (χ4v) is 3.10. The number of nitrogens with zero attached hydrogens (tertiary/aromatic N) is 1. The molecule has 3 rings (SSSR count). The van der Waals surface area contributed by atoms with Gasteiger partial charge in [0.05, 0.1) is 6.61 Å². The molecule has 7 nitrogen and oxygen atoms in total. The van der Waals surface area contributed by atoms with Gasteiger partial charge in [-0.1, -0.05) is 33.1 Å². The van der Waals surface area contributed by atoms with Crippen LogP contribution in [0.4, 0.5) is 0 Å². The molecule has 168 valence electrons. The SMILES string of the molecule is C.C.CN(C)Cc1c(C(=O)CCCOc2ccc(C(=O)NO)cc2)oc2ccccc12. The maximum absolute atomic E-state index is 12.7. The van der Waals surface area contributed by atoms with E-state index in [-0.39, 0.29) is 20.6 Å². The van der Waals surface area contributed by atoms with E-state index in [2.05, 4.69) is 0 Å². The Morgan fingerprint density at radius 2 is 1.74 bits per heavy atom. The fraction of sp³-hybridized carbons (Fsp3) is 0.333. The zero-order valence-corrected chi connectivity index (χ0v) is 16.5. The molecule has 0 aliphatic carbocycles. The van der Waals surface area contributed by atoms with Gasteiger partial charge in [-0.15, -0.1) is 0 Å². The Bertz CT molecular complexity index is 993. The lowest BCUT2D eigenvalue weighted by Gasteiger charge is -2.10. The number of hydrogen-bond donors (Lipinski definition) is 2. The van der Waals surface area contributed by atoms with Crippen molar-refractivity contribution in [1.82, 2.24) is 10.4 Å². The molecule has 7 heteroatoms. The lowest BCUT2D eigenvalue weighted by atomic mass is 10.1. The molecule has 1 aromatic heterocycles. The molecule has 31 heavy (non-hydrogen) atoms. The molecule has 2 aromatic carbocycles. The number of carbonyl (C=O) groups excluding carboxylic acids is 2. The molecule has 0 saturated heterocycles. The fourth-order valence-electron chi connectivity index (χ4n) is 3.10. The normalized spacial score (nSPS) is 10.3. The van der Waals surface area contributed by atoms with E-state index in [0.29, 0.717) is 43.1 Å². The summed E-state index contributed by atoms with van der Waals surface area (Å²) in [4.78, 5) is 26.1. The summed E-state index contributed by atoms with van der Waals surface area (Å²) in [6.45, 7) is 0.989. The van der Waals surface area contributed by atoms with Crippen LogP contribution in [0.3, 0.4) is 0 Å². The molecule has 0 fully saturated rings. The van der Waals surface area contributed by atoms with E-state index in [1.165, 1.54) is 0 Å². The van der Waals surface area contributed by atoms with Crippen molar-refractivity contribution in [3.8, 4) is 5.75 Å². The van der Waals surface area contributed by atoms with Gasteiger partial charge >= 0.3 is 0 Å². The van der Waals surface area contributed by atoms with E-state index < -0.39 is 5.91 Å². The predicted molar refractivity (Wildman–Crippen MR) is 122 cm³/mol. The van der Waals surface area contributed by atoms with Crippen molar-refractivity contribution in [1.29, 1.82) is 0 Å². The molecule has 0 bridgehead atoms. The summed E-state index contributed by atoms with van der Waals surface area (Å²) in [5.41, 5.74) is 3.53. The predicted octanol–water partition coefficient (Wildman–Crippen LogP) is 4.93. The molecule has 0 saturated carbocycles.